The summed E-state index contributed by atoms with van der Waals surface area (Å²) in [4.78, 5) is 13.0. The van der Waals surface area contributed by atoms with Gasteiger partial charge in [0.2, 0.25) is 5.95 Å². The zero-order chi connectivity index (χ0) is 23.1. The number of nitrogens with zero attached hydrogens (tertiary/aromatic N) is 6. The van der Waals surface area contributed by atoms with E-state index in [4.69, 9.17) is 10.1 Å². The van der Waals surface area contributed by atoms with E-state index < -0.39 is 5.95 Å². The quantitative estimate of drug-likeness (QED) is 0.391. The van der Waals surface area contributed by atoms with E-state index in [1.165, 1.54) is 24.4 Å². The van der Waals surface area contributed by atoms with E-state index in [1.54, 1.807) is 28.9 Å². The Morgan fingerprint density at radius 2 is 1.91 bits per heavy atom. The largest absolute Gasteiger partial charge is 0.365 e. The highest BCUT2D eigenvalue weighted by molar-refractivity contribution is 5.77. The molecule has 1 aliphatic rings. The number of rotatable bonds is 5. The smallest absolute Gasteiger partial charge is 0.213 e. The van der Waals surface area contributed by atoms with Crippen molar-refractivity contribution in [3.63, 3.8) is 0 Å². The average Bonchev–Trinajstić information content (AvgIpc) is 3.44. The Kier molecular flexibility index (Phi) is 4.99. The highest BCUT2D eigenvalue weighted by Gasteiger charge is 2.23. The molecule has 8 nitrogen and oxygen atoms in total. The molecule has 0 amide bonds. The maximum Gasteiger partial charge on any atom is 0.213 e. The van der Waals surface area contributed by atoms with Crippen LogP contribution in [0.25, 0.3) is 28.3 Å². The van der Waals surface area contributed by atoms with Gasteiger partial charge in [0, 0.05) is 31.4 Å². The summed E-state index contributed by atoms with van der Waals surface area (Å²) in [5, 5.41) is 11.3. The fourth-order valence-electron chi connectivity index (χ4n) is 4.17. The Bertz CT molecular complexity index is 1490. The predicted molar refractivity (Wildman–Crippen MR) is 123 cm³/mol. The molecule has 0 spiro atoms. The third-order valence-corrected chi connectivity index (χ3v) is 5.79. The molecule has 0 aliphatic carbocycles. The summed E-state index contributed by atoms with van der Waals surface area (Å²) in [6, 6.07) is 13.3. The van der Waals surface area contributed by atoms with E-state index in [2.05, 4.69) is 25.2 Å². The van der Waals surface area contributed by atoms with Gasteiger partial charge in [0.25, 0.3) is 0 Å². The van der Waals surface area contributed by atoms with Crippen LogP contribution in [0.2, 0.25) is 0 Å². The Morgan fingerprint density at radius 3 is 2.76 bits per heavy atom. The van der Waals surface area contributed by atoms with Crippen molar-refractivity contribution in [2.24, 2.45) is 0 Å². The van der Waals surface area contributed by atoms with Crippen LogP contribution in [0, 0.1) is 11.8 Å². The number of anilines is 1. The first-order valence-corrected chi connectivity index (χ1v) is 10.9. The van der Waals surface area contributed by atoms with E-state index in [1.807, 2.05) is 12.1 Å². The van der Waals surface area contributed by atoms with Crippen molar-refractivity contribution in [1.82, 2.24) is 34.4 Å². The molecular weight excluding hydrogens is 438 g/mol. The van der Waals surface area contributed by atoms with Crippen LogP contribution < -0.4 is 10.6 Å². The number of pyridine rings is 1. The van der Waals surface area contributed by atoms with Crippen LogP contribution in [0.3, 0.4) is 0 Å². The fourth-order valence-corrected chi connectivity index (χ4v) is 4.17. The Labute approximate surface area is 193 Å². The molecule has 2 N–H and O–H groups in total. The summed E-state index contributed by atoms with van der Waals surface area (Å²) < 4.78 is 30.7. The summed E-state index contributed by atoms with van der Waals surface area (Å²) in [6.07, 6.45) is 3.23. The van der Waals surface area contributed by atoms with E-state index in [-0.39, 0.29) is 5.82 Å². The van der Waals surface area contributed by atoms with Crippen LogP contribution in [-0.2, 0) is 19.6 Å². The first-order chi connectivity index (χ1) is 16.6. The van der Waals surface area contributed by atoms with Gasteiger partial charge in [-0.3, -0.25) is 0 Å². The molecule has 5 aromatic rings. The predicted octanol–water partition coefficient (Wildman–Crippen LogP) is 3.65. The van der Waals surface area contributed by atoms with Crippen LogP contribution in [0.5, 0.6) is 0 Å². The van der Waals surface area contributed by atoms with Crippen LogP contribution in [0.1, 0.15) is 11.4 Å². The van der Waals surface area contributed by atoms with Gasteiger partial charge in [0.1, 0.15) is 23.2 Å². The number of halogens is 2. The highest BCUT2D eigenvalue weighted by atomic mass is 19.1. The molecule has 1 aromatic carbocycles. The zero-order valence-electron chi connectivity index (χ0n) is 18.0. The van der Waals surface area contributed by atoms with Crippen molar-refractivity contribution in [3.8, 4) is 22.6 Å². The Hall–Kier alpha value is -4.18. The lowest BCUT2D eigenvalue weighted by molar-refractivity contribution is 0.508. The number of nitrogens with one attached hydrogen (secondary N) is 2. The molecule has 170 valence electrons. The van der Waals surface area contributed by atoms with Gasteiger partial charge in [0.05, 0.1) is 24.1 Å². The second-order valence-electron chi connectivity index (χ2n) is 8.05. The SMILES string of the molecule is Fc1ccc(-c2nc3n(c2-c2ccc4nc(NCc5ccnc(F)c5)cn4n2)CCNC3)cc1. The first-order valence-electron chi connectivity index (χ1n) is 10.9. The summed E-state index contributed by atoms with van der Waals surface area (Å²) >= 11 is 0. The summed E-state index contributed by atoms with van der Waals surface area (Å²) in [5.74, 6) is 0.737. The molecule has 34 heavy (non-hydrogen) atoms. The van der Waals surface area contributed by atoms with Gasteiger partial charge in [-0.05, 0) is 54.1 Å². The van der Waals surface area contributed by atoms with E-state index in [9.17, 15) is 8.78 Å². The molecule has 6 rings (SSSR count). The third kappa shape index (κ3) is 3.77. The van der Waals surface area contributed by atoms with Crippen molar-refractivity contribution in [1.29, 1.82) is 0 Å². The summed E-state index contributed by atoms with van der Waals surface area (Å²) in [6.45, 7) is 2.66. The van der Waals surface area contributed by atoms with Gasteiger partial charge in [-0.2, -0.15) is 9.49 Å². The normalized spacial score (nSPS) is 13.2. The van der Waals surface area contributed by atoms with E-state index in [0.717, 1.165) is 47.1 Å². The molecule has 0 atom stereocenters. The van der Waals surface area contributed by atoms with E-state index >= 15 is 0 Å². The molecule has 0 bridgehead atoms. The minimum atomic E-state index is -0.517. The number of hydrogen-bond donors (Lipinski definition) is 2. The monoisotopic (exact) mass is 458 g/mol. The van der Waals surface area contributed by atoms with Crippen molar-refractivity contribution < 1.29 is 8.78 Å². The average molecular weight is 458 g/mol. The van der Waals surface area contributed by atoms with Crippen LogP contribution in [-0.4, -0.2) is 35.7 Å². The molecule has 0 saturated carbocycles. The molecular formula is C24H20F2N8. The number of fused-ring (bicyclic) bond motifs is 2. The van der Waals surface area contributed by atoms with E-state index in [0.29, 0.717) is 24.6 Å². The van der Waals surface area contributed by atoms with Crippen LogP contribution in [0.15, 0.2) is 60.9 Å². The molecule has 0 saturated heterocycles. The minimum Gasteiger partial charge on any atom is -0.365 e. The Morgan fingerprint density at radius 1 is 1.03 bits per heavy atom. The topological polar surface area (TPSA) is 85.0 Å². The zero-order valence-corrected chi connectivity index (χ0v) is 18.0. The van der Waals surface area contributed by atoms with Crippen LogP contribution in [0.4, 0.5) is 14.6 Å². The molecule has 10 heteroatoms. The molecule has 4 aromatic heterocycles. The molecule has 0 radical (unpaired) electrons. The Balaban J connectivity index is 1.37. The molecule has 5 heterocycles. The molecule has 1 aliphatic heterocycles. The number of hydrogen-bond acceptors (Lipinski definition) is 6. The number of imidazole rings is 2. The van der Waals surface area contributed by atoms with Gasteiger partial charge < -0.3 is 15.2 Å². The second-order valence-corrected chi connectivity index (χ2v) is 8.05. The van der Waals surface area contributed by atoms with Crippen LogP contribution >= 0.6 is 0 Å². The van der Waals surface area contributed by atoms with Crippen molar-refractivity contribution >= 4 is 11.5 Å². The number of aromatic nitrogens is 6. The molecule has 0 unspecified atom stereocenters. The molecule has 0 fully saturated rings. The van der Waals surface area contributed by atoms with Crippen molar-refractivity contribution in [2.45, 2.75) is 19.6 Å². The lowest BCUT2D eigenvalue weighted by Gasteiger charge is -2.17. The van der Waals surface area contributed by atoms with Gasteiger partial charge in [-0.25, -0.2) is 23.9 Å². The minimum absolute atomic E-state index is 0.288. The summed E-state index contributed by atoms with van der Waals surface area (Å²) in [7, 11) is 0. The lowest BCUT2D eigenvalue weighted by atomic mass is 10.1. The lowest BCUT2D eigenvalue weighted by Crippen LogP contribution is -2.28. The fraction of sp³-hybridized carbons (Fsp3) is 0.167. The summed E-state index contributed by atoms with van der Waals surface area (Å²) in [5.41, 5.74) is 4.67. The van der Waals surface area contributed by atoms with Gasteiger partial charge in [-0.1, -0.05) is 0 Å². The first kappa shape index (κ1) is 20.4. The van der Waals surface area contributed by atoms with Crippen molar-refractivity contribution in [2.75, 3.05) is 11.9 Å². The number of benzene rings is 1. The standard InChI is InChI=1S/C24H20F2N8/c25-17-3-1-16(2-4-17)23-24(33-10-9-27-13-22(33)31-23)18-5-6-21-30-20(14-34(21)32-18)29-12-15-7-8-28-19(26)11-15/h1-8,11,14,27,29H,9-10,12-13H2. The third-order valence-electron chi connectivity index (χ3n) is 5.79. The maximum atomic E-state index is 13.5. The van der Waals surface area contributed by atoms with Gasteiger partial charge in [-0.15, -0.1) is 0 Å². The maximum absolute atomic E-state index is 13.5. The van der Waals surface area contributed by atoms with Crippen molar-refractivity contribution in [3.05, 3.63) is 84.1 Å². The van der Waals surface area contributed by atoms with Gasteiger partial charge >= 0.3 is 0 Å². The van der Waals surface area contributed by atoms with Gasteiger partial charge in [0.15, 0.2) is 5.65 Å². The highest BCUT2D eigenvalue weighted by Crippen LogP contribution is 2.33. The second kappa shape index (κ2) is 8.31.